The Balaban J connectivity index is 1.91. The molecule has 0 aliphatic carbocycles. The van der Waals surface area contributed by atoms with Gasteiger partial charge in [-0.15, -0.1) is 0 Å². The van der Waals surface area contributed by atoms with Gasteiger partial charge in [0, 0.05) is 24.2 Å². The van der Waals surface area contributed by atoms with Crippen molar-refractivity contribution < 1.29 is 9.59 Å². The van der Waals surface area contributed by atoms with Crippen LogP contribution in [0.2, 0.25) is 0 Å². The van der Waals surface area contributed by atoms with Gasteiger partial charge < -0.3 is 10.2 Å². The topological polar surface area (TPSA) is 49.4 Å². The number of nitrogens with zero attached hydrogens (tertiary/aromatic N) is 1. The van der Waals surface area contributed by atoms with Crippen LogP contribution in [-0.2, 0) is 6.54 Å². The van der Waals surface area contributed by atoms with E-state index in [9.17, 15) is 9.59 Å². The molecular formula is C19H18N2O2. The number of carbonyl (C=O) groups is 2. The fourth-order valence-corrected chi connectivity index (χ4v) is 2.07. The normalized spacial score (nSPS) is 9.74. The van der Waals surface area contributed by atoms with E-state index >= 15 is 0 Å². The van der Waals surface area contributed by atoms with Crippen molar-refractivity contribution in [3.05, 3.63) is 71.3 Å². The number of nitrogens with one attached hydrogen (secondary N) is 1. The first-order chi connectivity index (χ1) is 11.1. The van der Waals surface area contributed by atoms with Crippen LogP contribution in [0.1, 0.15) is 26.3 Å². The number of carbonyl (C=O) groups excluding carboxylic acids is 2. The summed E-state index contributed by atoms with van der Waals surface area (Å²) in [6.45, 7) is 0.593. The number of ketones is 1. The Morgan fingerprint density at radius 3 is 2.30 bits per heavy atom. The molecule has 1 N–H and O–H groups in total. The zero-order chi connectivity index (χ0) is 16.7. The number of hydrogen-bond acceptors (Lipinski definition) is 3. The second-order valence-electron chi connectivity index (χ2n) is 5.15. The molecule has 4 heteroatoms. The number of hydrogen-bond donors (Lipinski definition) is 1. The fraction of sp³-hybridized carbons (Fsp3) is 0.158. The van der Waals surface area contributed by atoms with Gasteiger partial charge in [-0.25, -0.2) is 0 Å². The van der Waals surface area contributed by atoms with Crippen molar-refractivity contribution in [1.29, 1.82) is 0 Å². The Morgan fingerprint density at radius 2 is 1.70 bits per heavy atom. The van der Waals surface area contributed by atoms with Crippen molar-refractivity contribution in [3.8, 4) is 12.5 Å². The average molecular weight is 306 g/mol. The van der Waals surface area contributed by atoms with Gasteiger partial charge in [-0.05, 0) is 17.7 Å². The SMILES string of the molecule is C#CN(C)Cc1ccc(C(=O)NCC(=O)c2ccccc2)cc1. The molecule has 116 valence electrons. The third-order valence-corrected chi connectivity index (χ3v) is 3.36. The second-order valence-corrected chi connectivity index (χ2v) is 5.15. The molecule has 4 nitrogen and oxygen atoms in total. The van der Waals surface area contributed by atoms with Crippen LogP contribution in [-0.4, -0.2) is 30.2 Å². The van der Waals surface area contributed by atoms with Crippen molar-refractivity contribution in [3.63, 3.8) is 0 Å². The van der Waals surface area contributed by atoms with E-state index in [1.54, 1.807) is 41.3 Å². The summed E-state index contributed by atoms with van der Waals surface area (Å²) < 4.78 is 0. The molecule has 0 spiro atoms. The Hall–Kier alpha value is -3.06. The molecule has 1 amide bonds. The van der Waals surface area contributed by atoms with Gasteiger partial charge in [0.05, 0.1) is 13.1 Å². The van der Waals surface area contributed by atoms with E-state index in [0.717, 1.165) is 5.56 Å². The monoisotopic (exact) mass is 306 g/mol. The lowest BCUT2D eigenvalue weighted by molar-refractivity contribution is 0.0904. The summed E-state index contributed by atoms with van der Waals surface area (Å²) in [4.78, 5) is 25.7. The standard InChI is InChI=1S/C19H18N2O2/c1-3-21(2)14-15-9-11-17(12-10-15)19(23)20-13-18(22)16-7-5-4-6-8-16/h1,4-12H,13-14H2,2H3,(H,20,23). The quantitative estimate of drug-likeness (QED) is 0.506. The highest BCUT2D eigenvalue weighted by molar-refractivity contribution is 6.02. The highest BCUT2D eigenvalue weighted by Crippen LogP contribution is 2.07. The first-order valence-electron chi connectivity index (χ1n) is 7.23. The zero-order valence-electron chi connectivity index (χ0n) is 13.0. The van der Waals surface area contributed by atoms with E-state index in [-0.39, 0.29) is 18.2 Å². The third-order valence-electron chi connectivity index (χ3n) is 3.36. The molecule has 0 aliphatic heterocycles. The summed E-state index contributed by atoms with van der Waals surface area (Å²) >= 11 is 0. The van der Waals surface area contributed by atoms with Gasteiger partial charge in [-0.3, -0.25) is 9.59 Å². The van der Waals surface area contributed by atoms with Crippen LogP contribution in [0.5, 0.6) is 0 Å². The molecular weight excluding hydrogens is 288 g/mol. The maximum absolute atomic E-state index is 12.1. The summed E-state index contributed by atoms with van der Waals surface area (Å²) in [7, 11) is 1.82. The Morgan fingerprint density at radius 1 is 1.04 bits per heavy atom. The Kier molecular flexibility index (Phi) is 5.54. The Labute approximate surface area is 136 Å². The van der Waals surface area contributed by atoms with E-state index in [4.69, 9.17) is 6.42 Å². The highest BCUT2D eigenvalue weighted by Gasteiger charge is 2.09. The van der Waals surface area contributed by atoms with Crippen molar-refractivity contribution in [1.82, 2.24) is 10.2 Å². The molecule has 0 aliphatic rings. The predicted octanol–water partition coefficient (Wildman–Crippen LogP) is 2.32. The van der Waals surface area contributed by atoms with Gasteiger partial charge in [-0.2, -0.15) is 0 Å². The fourth-order valence-electron chi connectivity index (χ4n) is 2.07. The molecule has 0 heterocycles. The van der Waals surface area contributed by atoms with Crippen LogP contribution in [0.15, 0.2) is 54.6 Å². The first-order valence-corrected chi connectivity index (χ1v) is 7.23. The lowest BCUT2D eigenvalue weighted by Crippen LogP contribution is -2.29. The summed E-state index contributed by atoms with van der Waals surface area (Å²) in [6.07, 6.45) is 5.29. The molecule has 0 atom stereocenters. The Bertz CT molecular complexity index is 715. The third kappa shape index (κ3) is 4.72. The number of amides is 1. The van der Waals surface area contributed by atoms with Crippen LogP contribution in [0.3, 0.4) is 0 Å². The van der Waals surface area contributed by atoms with Crippen molar-refractivity contribution >= 4 is 11.7 Å². The van der Waals surface area contributed by atoms with E-state index in [2.05, 4.69) is 11.4 Å². The minimum absolute atomic E-state index is 0.0234. The summed E-state index contributed by atoms with van der Waals surface area (Å²) in [6, 6.07) is 18.5. The van der Waals surface area contributed by atoms with E-state index in [0.29, 0.717) is 17.7 Å². The molecule has 0 saturated heterocycles. The number of rotatable bonds is 6. The van der Waals surface area contributed by atoms with Crippen molar-refractivity contribution in [2.24, 2.45) is 0 Å². The van der Waals surface area contributed by atoms with E-state index < -0.39 is 0 Å². The van der Waals surface area contributed by atoms with Gasteiger partial charge >= 0.3 is 0 Å². The predicted molar refractivity (Wildman–Crippen MR) is 89.8 cm³/mol. The summed E-state index contributed by atoms with van der Waals surface area (Å²) in [5.41, 5.74) is 2.11. The molecule has 0 radical (unpaired) electrons. The van der Waals surface area contributed by atoms with Crippen LogP contribution in [0.4, 0.5) is 0 Å². The van der Waals surface area contributed by atoms with Gasteiger partial charge in [-0.1, -0.05) is 48.9 Å². The molecule has 2 aromatic rings. The molecule has 23 heavy (non-hydrogen) atoms. The maximum atomic E-state index is 12.1. The van der Waals surface area contributed by atoms with Gasteiger partial charge in [0.15, 0.2) is 5.78 Å². The lowest BCUT2D eigenvalue weighted by Gasteiger charge is -2.11. The van der Waals surface area contributed by atoms with Crippen molar-refractivity contribution in [2.75, 3.05) is 13.6 Å². The summed E-state index contributed by atoms with van der Waals surface area (Å²) in [5.74, 6) is -0.391. The molecule has 2 rings (SSSR count). The van der Waals surface area contributed by atoms with Crippen LogP contribution < -0.4 is 5.32 Å². The number of terminal acetylenes is 1. The van der Waals surface area contributed by atoms with Crippen LogP contribution in [0.25, 0.3) is 0 Å². The smallest absolute Gasteiger partial charge is 0.251 e. The van der Waals surface area contributed by atoms with Crippen LogP contribution >= 0.6 is 0 Å². The van der Waals surface area contributed by atoms with E-state index in [1.807, 2.05) is 25.2 Å². The minimum Gasteiger partial charge on any atom is -0.345 e. The first kappa shape index (κ1) is 16.3. The van der Waals surface area contributed by atoms with Crippen molar-refractivity contribution in [2.45, 2.75) is 6.54 Å². The van der Waals surface area contributed by atoms with Gasteiger partial charge in [0.2, 0.25) is 0 Å². The second kappa shape index (κ2) is 7.81. The average Bonchev–Trinajstić information content (AvgIpc) is 2.60. The molecule has 0 bridgehead atoms. The summed E-state index contributed by atoms with van der Waals surface area (Å²) in [5, 5.41) is 2.64. The minimum atomic E-state index is -0.272. The molecule has 0 aromatic heterocycles. The lowest BCUT2D eigenvalue weighted by atomic mass is 10.1. The molecule has 0 unspecified atom stereocenters. The van der Waals surface area contributed by atoms with Gasteiger partial charge in [0.25, 0.3) is 5.91 Å². The largest absolute Gasteiger partial charge is 0.345 e. The maximum Gasteiger partial charge on any atom is 0.251 e. The number of Topliss-reactive ketones (excluding diaryl/α,β-unsaturated/α-hetero) is 1. The van der Waals surface area contributed by atoms with E-state index in [1.165, 1.54) is 0 Å². The zero-order valence-corrected chi connectivity index (χ0v) is 13.0. The highest BCUT2D eigenvalue weighted by atomic mass is 16.2. The molecule has 2 aromatic carbocycles. The number of benzene rings is 2. The van der Waals surface area contributed by atoms with Crippen LogP contribution in [0, 0.1) is 12.5 Å². The molecule has 0 fully saturated rings. The molecule has 0 saturated carbocycles. The van der Waals surface area contributed by atoms with Gasteiger partial charge in [0.1, 0.15) is 0 Å².